The van der Waals surface area contributed by atoms with Crippen LogP contribution in [0.4, 0.5) is 0 Å². The fourth-order valence-corrected chi connectivity index (χ4v) is 3.38. The van der Waals surface area contributed by atoms with E-state index in [1.807, 2.05) is 19.9 Å². The van der Waals surface area contributed by atoms with Crippen molar-refractivity contribution in [1.82, 2.24) is 9.88 Å². The van der Waals surface area contributed by atoms with E-state index in [2.05, 4.69) is 4.98 Å². The van der Waals surface area contributed by atoms with Crippen LogP contribution in [0.25, 0.3) is 6.08 Å². The summed E-state index contributed by atoms with van der Waals surface area (Å²) in [6.45, 7) is 3.73. The molecule has 1 N–H and O–H groups in total. The van der Waals surface area contributed by atoms with Crippen molar-refractivity contribution in [3.05, 3.63) is 35.2 Å². The molecule has 22 heavy (non-hydrogen) atoms. The largest absolute Gasteiger partial charge is 0.480 e. The summed E-state index contributed by atoms with van der Waals surface area (Å²) in [5.74, 6) is -1.23. The Labute approximate surface area is 127 Å². The molecule has 6 heteroatoms. The van der Waals surface area contributed by atoms with E-state index in [9.17, 15) is 14.7 Å². The fourth-order valence-electron chi connectivity index (χ4n) is 3.38. The molecule has 0 bridgehead atoms. The molecular weight excluding hydrogens is 282 g/mol. The van der Waals surface area contributed by atoms with Crippen LogP contribution in [0.15, 0.2) is 23.9 Å². The molecule has 0 radical (unpaired) electrons. The Kier molecular flexibility index (Phi) is 3.03. The number of nitriles is 1. The summed E-state index contributed by atoms with van der Waals surface area (Å²) < 4.78 is 0. The standard InChI is InChI=1S/C16H15N3O3/c1-16(2)7-12-11(14(20)19(12)13(16)15(21)22)6-10-5-9(8-17)3-4-18-10/h3-6,12-13H,7H2,1-2H3,(H,21,22)/b11-6+/t12?,13-/m0/s1. The zero-order valence-electron chi connectivity index (χ0n) is 12.3. The molecule has 3 heterocycles. The number of pyridine rings is 1. The lowest BCUT2D eigenvalue weighted by Crippen LogP contribution is -2.57. The van der Waals surface area contributed by atoms with Gasteiger partial charge in [-0.15, -0.1) is 0 Å². The molecule has 3 rings (SSSR count). The van der Waals surface area contributed by atoms with Crippen molar-refractivity contribution in [2.45, 2.75) is 32.4 Å². The molecular formula is C16H15N3O3. The molecule has 0 saturated carbocycles. The molecule has 1 amide bonds. The average molecular weight is 297 g/mol. The summed E-state index contributed by atoms with van der Waals surface area (Å²) in [5.41, 5.74) is 1.11. The number of amides is 1. The van der Waals surface area contributed by atoms with Gasteiger partial charge in [0.25, 0.3) is 5.91 Å². The third-order valence-electron chi connectivity index (χ3n) is 4.36. The Hall–Kier alpha value is -2.68. The Morgan fingerprint density at radius 2 is 2.32 bits per heavy atom. The summed E-state index contributed by atoms with van der Waals surface area (Å²) in [6, 6.07) is 4.25. The van der Waals surface area contributed by atoms with Crippen LogP contribution in [0.3, 0.4) is 0 Å². The molecule has 0 aliphatic carbocycles. The van der Waals surface area contributed by atoms with Crippen molar-refractivity contribution >= 4 is 18.0 Å². The van der Waals surface area contributed by atoms with Crippen molar-refractivity contribution in [1.29, 1.82) is 5.26 Å². The number of fused-ring (bicyclic) bond motifs is 1. The number of carbonyl (C=O) groups is 2. The van der Waals surface area contributed by atoms with Gasteiger partial charge in [-0.25, -0.2) is 4.79 Å². The van der Waals surface area contributed by atoms with Gasteiger partial charge in [0.05, 0.1) is 23.4 Å². The van der Waals surface area contributed by atoms with Crippen LogP contribution in [-0.2, 0) is 9.59 Å². The second-order valence-electron chi connectivity index (χ2n) is 6.34. The van der Waals surface area contributed by atoms with Crippen LogP contribution in [0.2, 0.25) is 0 Å². The molecule has 2 aliphatic heterocycles. The Morgan fingerprint density at radius 1 is 1.59 bits per heavy atom. The topological polar surface area (TPSA) is 94.3 Å². The summed E-state index contributed by atoms with van der Waals surface area (Å²) in [7, 11) is 0. The lowest BCUT2D eigenvalue weighted by Gasteiger charge is -2.40. The number of aromatic nitrogens is 1. The van der Waals surface area contributed by atoms with E-state index in [0.717, 1.165) is 0 Å². The maximum Gasteiger partial charge on any atom is 0.327 e. The highest BCUT2D eigenvalue weighted by molar-refractivity contribution is 6.08. The number of hydrogen-bond donors (Lipinski definition) is 1. The molecule has 2 atom stereocenters. The number of aliphatic carboxylic acids is 1. The van der Waals surface area contributed by atoms with Crippen LogP contribution in [0.5, 0.6) is 0 Å². The van der Waals surface area contributed by atoms with Gasteiger partial charge in [-0.1, -0.05) is 13.8 Å². The number of β-lactam (4-membered cyclic amide) rings is 1. The fraction of sp³-hybridized carbons (Fsp3) is 0.375. The molecule has 2 fully saturated rings. The first-order chi connectivity index (χ1) is 10.3. The SMILES string of the molecule is CC1(C)CC2/C(=C\c3cc(C#N)ccn3)C(=O)N2[C@H]1C(=O)O. The minimum Gasteiger partial charge on any atom is -0.480 e. The number of rotatable bonds is 2. The molecule has 6 nitrogen and oxygen atoms in total. The van der Waals surface area contributed by atoms with Gasteiger partial charge in [-0.2, -0.15) is 5.26 Å². The zero-order chi connectivity index (χ0) is 16.1. The van der Waals surface area contributed by atoms with E-state index in [4.69, 9.17) is 5.26 Å². The Balaban J connectivity index is 1.93. The van der Waals surface area contributed by atoms with E-state index in [-0.39, 0.29) is 11.9 Å². The smallest absolute Gasteiger partial charge is 0.327 e. The minimum atomic E-state index is -0.968. The third-order valence-corrected chi connectivity index (χ3v) is 4.36. The molecule has 1 aromatic rings. The molecule has 2 aliphatic rings. The molecule has 1 unspecified atom stereocenters. The van der Waals surface area contributed by atoms with Crippen molar-refractivity contribution < 1.29 is 14.7 Å². The predicted molar refractivity (Wildman–Crippen MR) is 77.4 cm³/mol. The van der Waals surface area contributed by atoms with Crippen LogP contribution in [-0.4, -0.2) is 39.0 Å². The second-order valence-corrected chi connectivity index (χ2v) is 6.34. The minimum absolute atomic E-state index is 0.184. The summed E-state index contributed by atoms with van der Waals surface area (Å²) in [5, 5.41) is 18.3. The predicted octanol–water partition coefficient (Wildman–Crippen LogP) is 1.43. The van der Waals surface area contributed by atoms with E-state index in [1.165, 1.54) is 11.1 Å². The van der Waals surface area contributed by atoms with Gasteiger partial charge in [0, 0.05) is 11.8 Å². The van der Waals surface area contributed by atoms with E-state index >= 15 is 0 Å². The zero-order valence-corrected chi connectivity index (χ0v) is 12.3. The molecule has 1 aromatic heterocycles. The summed E-state index contributed by atoms with van der Waals surface area (Å²) >= 11 is 0. The maximum absolute atomic E-state index is 12.3. The lowest BCUT2D eigenvalue weighted by atomic mass is 9.83. The lowest BCUT2D eigenvalue weighted by molar-refractivity contribution is -0.154. The first kappa shape index (κ1) is 14.3. The van der Waals surface area contributed by atoms with Gasteiger partial charge in [0.2, 0.25) is 0 Å². The number of carbonyl (C=O) groups excluding carboxylic acids is 1. The van der Waals surface area contributed by atoms with E-state index in [1.54, 1.807) is 18.2 Å². The molecule has 0 spiro atoms. The highest BCUT2D eigenvalue weighted by atomic mass is 16.4. The number of nitrogens with zero attached hydrogens (tertiary/aromatic N) is 3. The van der Waals surface area contributed by atoms with Gasteiger partial charge in [-0.05, 0) is 30.0 Å². The second kappa shape index (κ2) is 4.67. The number of hydrogen-bond acceptors (Lipinski definition) is 4. The van der Waals surface area contributed by atoms with Gasteiger partial charge >= 0.3 is 5.97 Å². The Bertz CT molecular complexity index is 745. The van der Waals surface area contributed by atoms with Gasteiger partial charge in [-0.3, -0.25) is 9.78 Å². The third kappa shape index (κ3) is 1.98. The van der Waals surface area contributed by atoms with Crippen LogP contribution in [0, 0.1) is 16.7 Å². The van der Waals surface area contributed by atoms with E-state index in [0.29, 0.717) is 23.3 Å². The maximum atomic E-state index is 12.3. The molecule has 112 valence electrons. The van der Waals surface area contributed by atoms with Crippen molar-refractivity contribution in [2.75, 3.05) is 0 Å². The Morgan fingerprint density at radius 3 is 2.95 bits per heavy atom. The quantitative estimate of drug-likeness (QED) is 0.658. The van der Waals surface area contributed by atoms with E-state index < -0.39 is 17.4 Å². The first-order valence-electron chi connectivity index (χ1n) is 6.98. The highest BCUT2D eigenvalue weighted by Gasteiger charge is 2.60. The van der Waals surface area contributed by atoms with Gasteiger partial charge in [0.1, 0.15) is 6.04 Å². The molecule has 2 saturated heterocycles. The van der Waals surface area contributed by atoms with Crippen LogP contribution < -0.4 is 0 Å². The monoisotopic (exact) mass is 297 g/mol. The van der Waals surface area contributed by atoms with Crippen LogP contribution >= 0.6 is 0 Å². The molecule has 0 aromatic carbocycles. The summed E-state index contributed by atoms with van der Waals surface area (Å²) in [6.07, 6.45) is 3.79. The number of carboxylic acids is 1. The van der Waals surface area contributed by atoms with Gasteiger partial charge < -0.3 is 10.0 Å². The highest BCUT2D eigenvalue weighted by Crippen LogP contribution is 2.49. The average Bonchev–Trinajstić information content (AvgIpc) is 2.73. The van der Waals surface area contributed by atoms with Crippen molar-refractivity contribution in [3.8, 4) is 6.07 Å². The van der Waals surface area contributed by atoms with Crippen molar-refractivity contribution in [2.24, 2.45) is 5.41 Å². The number of carboxylic acid groups (broad SMARTS) is 1. The first-order valence-corrected chi connectivity index (χ1v) is 6.98. The summed E-state index contributed by atoms with van der Waals surface area (Å²) in [4.78, 5) is 29.3. The van der Waals surface area contributed by atoms with Gasteiger partial charge in [0.15, 0.2) is 0 Å². The van der Waals surface area contributed by atoms with Crippen LogP contribution in [0.1, 0.15) is 31.5 Å². The van der Waals surface area contributed by atoms with Crippen molar-refractivity contribution in [3.63, 3.8) is 0 Å². The normalized spacial score (nSPS) is 27.2.